The van der Waals surface area contributed by atoms with Gasteiger partial charge in [0.15, 0.2) is 0 Å². The second-order valence-corrected chi connectivity index (χ2v) is 17.0. The second kappa shape index (κ2) is 7.86. The maximum absolute atomic E-state index is 9.50. The summed E-state index contributed by atoms with van der Waals surface area (Å²) in [6.07, 6.45) is 0. The Morgan fingerprint density at radius 2 is 0.860 bits per heavy atom. The van der Waals surface area contributed by atoms with Crippen LogP contribution in [-0.4, -0.2) is 54.6 Å². The number of benzene rings is 2. The van der Waals surface area contributed by atoms with Gasteiger partial charge in [-0.05, 0) is 0 Å². The van der Waals surface area contributed by atoms with Gasteiger partial charge in [0.1, 0.15) is 0 Å². The van der Waals surface area contributed by atoms with E-state index in [9.17, 15) is 5.48 Å². The van der Waals surface area contributed by atoms with Crippen molar-refractivity contribution in [2.24, 2.45) is 0 Å². The normalized spacial score (nSPS) is 30.3. The van der Waals surface area contributed by atoms with Gasteiger partial charge in [-0.1, -0.05) is 0 Å². The Morgan fingerprint density at radius 3 is 1.12 bits per heavy atom. The number of fused-ring (bicyclic) bond motifs is 8. The van der Waals surface area contributed by atoms with E-state index in [2.05, 4.69) is 73.3 Å². The molecule has 4 unspecified atom stereocenters. The average molecular weight is 759 g/mol. The molecule has 0 amide bonds. The molecule has 8 aliphatic heterocycles. The van der Waals surface area contributed by atoms with E-state index in [0.29, 0.717) is 108 Å². The van der Waals surface area contributed by atoms with Crippen LogP contribution in [0.25, 0.3) is 0 Å². The number of ether oxygens (including phenoxy) is 4. The van der Waals surface area contributed by atoms with Crippen LogP contribution >= 0.6 is 0 Å². The number of hydrogen-bond donors (Lipinski definition) is 0. The fraction of sp³-hybridized carbons (Fsp3) is 0.471. The minimum atomic E-state index is -1.21. The van der Waals surface area contributed by atoms with E-state index >= 15 is 0 Å². The van der Waals surface area contributed by atoms with Crippen molar-refractivity contribution in [3.05, 3.63) is 93.2 Å². The van der Waals surface area contributed by atoms with Crippen LogP contribution in [0.1, 0.15) is 105 Å². The SMILES string of the molecule is [2H]c1c2[c-]c(c([2H])c1C(C)(C)C)C1COC3=C4OCC5c6[c-]c(c([2H])c(C(C)(C)C)c6[2H])C6COC7=C8OCC2N8[C](=[Ir]=[C](N31)N45)N76. The molecule has 0 aliphatic carbocycles. The molecule has 4 saturated heterocycles. The first-order chi connectivity index (χ1) is 22.3. The van der Waals surface area contributed by atoms with E-state index in [-0.39, 0.29) is 24.2 Å². The van der Waals surface area contributed by atoms with Gasteiger partial charge in [0, 0.05) is 0 Å². The molecule has 8 nitrogen and oxygen atoms in total. The summed E-state index contributed by atoms with van der Waals surface area (Å²) in [7, 11) is 0. The average Bonchev–Trinajstić information content (AvgIpc) is 3.79. The third-order valence-electron chi connectivity index (χ3n) is 9.31. The van der Waals surface area contributed by atoms with Crippen LogP contribution in [0.15, 0.2) is 47.7 Å². The monoisotopic (exact) mass is 759 g/mol. The molecule has 9 heteroatoms. The topological polar surface area (TPSA) is 49.9 Å². The Kier molecular flexibility index (Phi) is 3.91. The van der Waals surface area contributed by atoms with E-state index in [1.54, 1.807) is 0 Å². The molecule has 2 aromatic rings. The molecule has 225 valence electrons. The summed E-state index contributed by atoms with van der Waals surface area (Å²) < 4.78 is 66.0. The Bertz CT molecular complexity index is 1770. The zero-order chi connectivity index (χ0) is 32.6. The van der Waals surface area contributed by atoms with Crippen molar-refractivity contribution in [2.75, 3.05) is 26.4 Å². The van der Waals surface area contributed by atoms with Crippen LogP contribution in [0.3, 0.4) is 0 Å². The van der Waals surface area contributed by atoms with Crippen LogP contribution in [0.5, 0.6) is 0 Å². The molecule has 0 spiro atoms. The predicted octanol–water partition coefficient (Wildman–Crippen LogP) is 4.64. The standard InChI is InChI=1S/C34H34N4O4.Ir/c1-33(2,3)23-9-19-7-20(10-23)26-14-40-30-32-38(18-36(26)30)28(16-42-32)22-8-21(11-24(12-22)34(4,5)6)27-15-41-31-29-35(17-37(27)31)25(19)13-39-29;/h9-12,25-28H,13-16H2,1-6H3;/q-2;/i9D,10D,11D,12D;. The summed E-state index contributed by atoms with van der Waals surface area (Å²) in [5.74, 6) is 2.53. The third kappa shape index (κ3) is 3.15. The van der Waals surface area contributed by atoms with Crippen LogP contribution in [-0.2, 0) is 46.6 Å². The molecule has 43 heavy (non-hydrogen) atoms. The Labute approximate surface area is 265 Å². The van der Waals surface area contributed by atoms with Crippen LogP contribution < -0.4 is 0 Å². The zero-order valence-corrected chi connectivity index (χ0v) is 27.3. The molecule has 0 aromatic heterocycles. The Balaban J connectivity index is 1.33. The molecule has 6 bridgehead atoms. The van der Waals surface area contributed by atoms with Crippen molar-refractivity contribution in [3.8, 4) is 0 Å². The van der Waals surface area contributed by atoms with Crippen molar-refractivity contribution >= 4 is 8.54 Å². The third-order valence-corrected chi connectivity index (χ3v) is 12.7. The molecular weight excluding hydrogens is 721 g/mol. The molecule has 10 rings (SSSR count). The minimum absolute atomic E-state index is 0.328. The van der Waals surface area contributed by atoms with Crippen LogP contribution in [0, 0.1) is 12.1 Å². The van der Waals surface area contributed by atoms with Gasteiger partial charge in [-0.3, -0.25) is 0 Å². The quantitative estimate of drug-likeness (QED) is 0.361. The second-order valence-electron chi connectivity index (χ2n) is 14.2. The first-order valence-electron chi connectivity index (χ1n) is 16.9. The molecule has 8 heterocycles. The van der Waals surface area contributed by atoms with Crippen molar-refractivity contribution in [1.29, 1.82) is 0 Å². The summed E-state index contributed by atoms with van der Waals surface area (Å²) in [4.78, 5) is 8.87. The fourth-order valence-electron chi connectivity index (χ4n) is 6.98. The molecule has 2 aromatic carbocycles. The molecule has 0 radical (unpaired) electrons. The Morgan fingerprint density at radius 1 is 0.581 bits per heavy atom. The summed E-state index contributed by atoms with van der Waals surface area (Å²) >= 11 is -1.21. The molecule has 0 N–H and O–H groups in total. The van der Waals surface area contributed by atoms with E-state index in [1.807, 2.05) is 0 Å². The number of hydrogen-bond acceptors (Lipinski definition) is 8. The predicted molar refractivity (Wildman–Crippen MR) is 154 cm³/mol. The van der Waals surface area contributed by atoms with Crippen LogP contribution in [0.4, 0.5) is 0 Å². The molecule has 4 fully saturated rings. The van der Waals surface area contributed by atoms with Gasteiger partial charge in [0.25, 0.3) is 0 Å². The summed E-state index contributed by atoms with van der Waals surface area (Å²) in [6, 6.07) is 7.23. The van der Waals surface area contributed by atoms with Crippen molar-refractivity contribution in [3.63, 3.8) is 0 Å². The maximum atomic E-state index is 9.50. The van der Waals surface area contributed by atoms with Crippen molar-refractivity contribution < 1.29 is 41.2 Å². The van der Waals surface area contributed by atoms with Gasteiger partial charge < -0.3 is 0 Å². The molecular formula is C34H34IrN4O4-2. The van der Waals surface area contributed by atoms with Gasteiger partial charge in [-0.25, -0.2) is 0 Å². The van der Waals surface area contributed by atoms with E-state index in [0.717, 1.165) is 8.54 Å². The van der Waals surface area contributed by atoms with Crippen LogP contribution in [0.2, 0.25) is 0 Å². The van der Waals surface area contributed by atoms with Gasteiger partial charge in [-0.15, -0.1) is 0 Å². The van der Waals surface area contributed by atoms with Gasteiger partial charge >= 0.3 is 266 Å². The summed E-state index contributed by atoms with van der Waals surface area (Å²) in [5.41, 5.74) is 3.32. The zero-order valence-electron chi connectivity index (χ0n) is 28.9. The molecule has 0 saturated carbocycles. The van der Waals surface area contributed by atoms with E-state index < -0.39 is 27.6 Å². The Hall–Kier alpha value is -3.29. The number of nitrogens with zero attached hydrogens (tertiary/aromatic N) is 4. The summed E-state index contributed by atoms with van der Waals surface area (Å²) in [5, 5.41) is 0. The first-order valence-corrected chi connectivity index (χ1v) is 17.3. The van der Waals surface area contributed by atoms with Crippen molar-refractivity contribution in [1.82, 2.24) is 19.6 Å². The van der Waals surface area contributed by atoms with Gasteiger partial charge in [0.2, 0.25) is 0 Å². The molecule has 8 aliphatic rings. The van der Waals surface area contributed by atoms with E-state index in [4.69, 9.17) is 18.9 Å². The van der Waals surface area contributed by atoms with Gasteiger partial charge in [0.05, 0.1) is 0 Å². The summed E-state index contributed by atoms with van der Waals surface area (Å²) in [6.45, 7) is 13.7. The van der Waals surface area contributed by atoms with Crippen molar-refractivity contribution in [2.45, 2.75) is 76.5 Å². The van der Waals surface area contributed by atoms with Gasteiger partial charge in [-0.2, -0.15) is 0 Å². The first kappa shape index (κ1) is 21.4. The van der Waals surface area contributed by atoms with E-state index in [1.165, 1.54) is 0 Å². The molecule has 4 atom stereocenters. The fourth-order valence-corrected chi connectivity index (χ4v) is 11.1. The number of rotatable bonds is 0.